The molecule has 1 atom stereocenters. The van der Waals surface area contributed by atoms with Gasteiger partial charge in [-0.15, -0.1) is 0 Å². The van der Waals surface area contributed by atoms with Crippen LogP contribution in [0.5, 0.6) is 0 Å². The Bertz CT molecular complexity index is 654. The van der Waals surface area contributed by atoms with Gasteiger partial charge in [0.1, 0.15) is 0 Å². The van der Waals surface area contributed by atoms with Crippen molar-refractivity contribution in [2.45, 2.75) is 25.3 Å². The van der Waals surface area contributed by atoms with Gasteiger partial charge in [-0.3, -0.25) is 9.48 Å². The third-order valence-electron chi connectivity index (χ3n) is 3.33. The summed E-state index contributed by atoms with van der Waals surface area (Å²) < 4.78 is 1.58. The molecule has 122 valence electrons. The lowest BCUT2D eigenvalue weighted by atomic mass is 10.0. The number of carboxylic acids is 1. The van der Waals surface area contributed by atoms with Crippen LogP contribution in [0.1, 0.15) is 18.4 Å². The quantitative estimate of drug-likeness (QED) is 0.728. The highest BCUT2D eigenvalue weighted by Crippen LogP contribution is 2.09. The molecule has 0 radical (unpaired) electrons. The highest BCUT2D eigenvalue weighted by molar-refractivity contribution is 5.89. The summed E-state index contributed by atoms with van der Waals surface area (Å²) in [5.41, 5.74) is 1.63. The number of nitrogens with zero attached hydrogens (tertiary/aromatic N) is 2. The van der Waals surface area contributed by atoms with Crippen LogP contribution < -0.4 is 10.6 Å². The predicted molar refractivity (Wildman–Crippen MR) is 86.2 cm³/mol. The molecule has 0 saturated carbocycles. The molecule has 1 heterocycles. The van der Waals surface area contributed by atoms with Crippen LogP contribution in [0.25, 0.3) is 0 Å². The highest BCUT2D eigenvalue weighted by Gasteiger charge is 2.15. The molecule has 2 amide bonds. The number of nitrogens with one attached hydrogen (secondary N) is 2. The van der Waals surface area contributed by atoms with E-state index in [0.717, 1.165) is 5.56 Å². The van der Waals surface area contributed by atoms with Crippen molar-refractivity contribution in [3.63, 3.8) is 0 Å². The number of amides is 2. The number of anilines is 1. The molecule has 0 aliphatic heterocycles. The van der Waals surface area contributed by atoms with Gasteiger partial charge in [0.2, 0.25) is 0 Å². The summed E-state index contributed by atoms with van der Waals surface area (Å²) in [7, 11) is 1.76. The lowest BCUT2D eigenvalue weighted by Crippen LogP contribution is -2.39. The first kappa shape index (κ1) is 16.5. The fraction of sp³-hybridized carbons (Fsp3) is 0.312. The summed E-state index contributed by atoms with van der Waals surface area (Å²) >= 11 is 0. The highest BCUT2D eigenvalue weighted by atomic mass is 16.4. The largest absolute Gasteiger partial charge is 0.481 e. The zero-order chi connectivity index (χ0) is 16.7. The van der Waals surface area contributed by atoms with Crippen LogP contribution in [-0.4, -0.2) is 32.9 Å². The van der Waals surface area contributed by atoms with E-state index in [2.05, 4.69) is 15.7 Å². The van der Waals surface area contributed by atoms with Gasteiger partial charge in [0.05, 0.1) is 11.9 Å². The zero-order valence-corrected chi connectivity index (χ0v) is 12.9. The number of carbonyl (C=O) groups excluding carboxylic acids is 1. The Morgan fingerprint density at radius 3 is 2.65 bits per heavy atom. The smallest absolute Gasteiger partial charge is 0.319 e. The van der Waals surface area contributed by atoms with Gasteiger partial charge in [0, 0.05) is 25.7 Å². The molecule has 1 unspecified atom stereocenters. The minimum atomic E-state index is -0.877. The third-order valence-corrected chi connectivity index (χ3v) is 3.33. The van der Waals surface area contributed by atoms with Gasteiger partial charge in [-0.1, -0.05) is 30.3 Å². The second kappa shape index (κ2) is 7.98. The molecule has 2 aromatic rings. The van der Waals surface area contributed by atoms with E-state index in [0.29, 0.717) is 18.5 Å². The molecule has 23 heavy (non-hydrogen) atoms. The Labute approximate surface area is 134 Å². The van der Waals surface area contributed by atoms with Crippen molar-refractivity contribution < 1.29 is 14.7 Å². The van der Waals surface area contributed by atoms with E-state index >= 15 is 0 Å². The Balaban J connectivity index is 1.95. The second-order valence-corrected chi connectivity index (χ2v) is 5.32. The molecule has 3 N–H and O–H groups in total. The maximum Gasteiger partial charge on any atom is 0.319 e. The first-order valence-corrected chi connectivity index (χ1v) is 7.35. The zero-order valence-electron chi connectivity index (χ0n) is 12.9. The van der Waals surface area contributed by atoms with Crippen molar-refractivity contribution in [3.05, 3.63) is 48.3 Å². The fourth-order valence-electron chi connectivity index (χ4n) is 2.26. The Kier molecular flexibility index (Phi) is 5.74. The van der Waals surface area contributed by atoms with E-state index in [1.165, 1.54) is 0 Å². The van der Waals surface area contributed by atoms with E-state index in [4.69, 9.17) is 5.11 Å². The normalized spacial score (nSPS) is 11.7. The summed E-state index contributed by atoms with van der Waals surface area (Å²) in [5.74, 6) is -0.877. The third kappa shape index (κ3) is 5.82. The topological polar surface area (TPSA) is 96.2 Å². The van der Waals surface area contributed by atoms with Crippen molar-refractivity contribution in [1.82, 2.24) is 15.1 Å². The van der Waals surface area contributed by atoms with Crippen molar-refractivity contribution in [2.24, 2.45) is 7.05 Å². The number of rotatable bonds is 7. The summed E-state index contributed by atoms with van der Waals surface area (Å²) in [5, 5.41) is 18.3. The van der Waals surface area contributed by atoms with Crippen LogP contribution in [0, 0.1) is 0 Å². The number of carbonyl (C=O) groups is 2. The van der Waals surface area contributed by atoms with E-state index in [1.54, 1.807) is 24.1 Å². The molecule has 0 aliphatic carbocycles. The first-order valence-electron chi connectivity index (χ1n) is 7.35. The van der Waals surface area contributed by atoms with Crippen LogP contribution >= 0.6 is 0 Å². The van der Waals surface area contributed by atoms with E-state index in [1.807, 2.05) is 30.3 Å². The monoisotopic (exact) mass is 316 g/mol. The van der Waals surface area contributed by atoms with Gasteiger partial charge in [-0.05, 0) is 18.4 Å². The van der Waals surface area contributed by atoms with Crippen molar-refractivity contribution in [3.8, 4) is 0 Å². The van der Waals surface area contributed by atoms with Gasteiger partial charge in [0.25, 0.3) is 0 Å². The number of urea groups is 1. The van der Waals surface area contributed by atoms with Crippen molar-refractivity contribution in [2.75, 3.05) is 5.32 Å². The maximum atomic E-state index is 12.1. The molecule has 0 bridgehead atoms. The van der Waals surface area contributed by atoms with Crippen LogP contribution in [-0.2, 0) is 18.3 Å². The molecule has 2 rings (SSSR count). The van der Waals surface area contributed by atoms with E-state index in [-0.39, 0.29) is 18.5 Å². The maximum absolute atomic E-state index is 12.1. The summed E-state index contributed by atoms with van der Waals surface area (Å²) in [6.45, 7) is 0. The second-order valence-electron chi connectivity index (χ2n) is 5.32. The van der Waals surface area contributed by atoms with Crippen LogP contribution in [0.2, 0.25) is 0 Å². The van der Waals surface area contributed by atoms with Crippen molar-refractivity contribution in [1.29, 1.82) is 0 Å². The molecular weight excluding hydrogens is 296 g/mol. The standard InChI is InChI=1S/C16H20N4O3/c1-20-11-14(10-17-20)19-16(23)18-13(7-8-15(21)22)9-12-5-3-2-4-6-12/h2-6,10-11,13H,7-9H2,1H3,(H,21,22)(H2,18,19,23). The number of hydrogen-bond acceptors (Lipinski definition) is 3. The average molecular weight is 316 g/mol. The van der Waals surface area contributed by atoms with Crippen LogP contribution in [0.15, 0.2) is 42.7 Å². The van der Waals surface area contributed by atoms with Gasteiger partial charge >= 0.3 is 12.0 Å². The molecular formula is C16H20N4O3. The Hall–Kier alpha value is -2.83. The molecule has 0 fully saturated rings. The number of carboxylic acid groups (broad SMARTS) is 1. The molecule has 1 aromatic carbocycles. The van der Waals surface area contributed by atoms with Crippen LogP contribution in [0.3, 0.4) is 0 Å². The number of hydrogen-bond donors (Lipinski definition) is 3. The van der Waals surface area contributed by atoms with Gasteiger partial charge in [0.15, 0.2) is 0 Å². The number of aromatic nitrogens is 2. The molecule has 0 aliphatic rings. The number of aryl methyl sites for hydroxylation is 1. The number of aliphatic carboxylic acids is 1. The molecule has 0 saturated heterocycles. The number of benzene rings is 1. The van der Waals surface area contributed by atoms with Crippen LogP contribution in [0.4, 0.5) is 10.5 Å². The first-order chi connectivity index (χ1) is 11.0. The molecule has 7 nitrogen and oxygen atoms in total. The molecule has 7 heteroatoms. The Morgan fingerprint density at radius 2 is 2.04 bits per heavy atom. The predicted octanol–water partition coefficient (Wildman–Crippen LogP) is 2.02. The summed E-state index contributed by atoms with van der Waals surface area (Å²) in [4.78, 5) is 22.9. The average Bonchev–Trinajstić information content (AvgIpc) is 2.90. The van der Waals surface area contributed by atoms with E-state index in [9.17, 15) is 9.59 Å². The van der Waals surface area contributed by atoms with Gasteiger partial charge in [-0.25, -0.2) is 4.79 Å². The summed E-state index contributed by atoms with van der Waals surface area (Å²) in [6, 6.07) is 9.02. The molecule has 0 spiro atoms. The van der Waals surface area contributed by atoms with Crippen molar-refractivity contribution >= 4 is 17.7 Å². The van der Waals surface area contributed by atoms with Gasteiger partial charge in [-0.2, -0.15) is 5.10 Å². The van der Waals surface area contributed by atoms with Gasteiger partial charge < -0.3 is 15.7 Å². The minimum Gasteiger partial charge on any atom is -0.481 e. The lowest BCUT2D eigenvalue weighted by Gasteiger charge is -2.18. The molecule has 1 aromatic heterocycles. The fourth-order valence-corrected chi connectivity index (χ4v) is 2.26. The van der Waals surface area contributed by atoms with E-state index < -0.39 is 5.97 Å². The minimum absolute atomic E-state index is 0.00464. The lowest BCUT2D eigenvalue weighted by molar-refractivity contribution is -0.137. The Morgan fingerprint density at radius 1 is 1.30 bits per heavy atom. The summed E-state index contributed by atoms with van der Waals surface area (Å²) in [6.07, 6.45) is 4.18. The SMILES string of the molecule is Cn1cc(NC(=O)NC(CCC(=O)O)Cc2ccccc2)cn1.